The quantitative estimate of drug-likeness (QED) is 0.922. The van der Waals surface area contributed by atoms with Crippen molar-refractivity contribution in [3.63, 3.8) is 0 Å². The highest BCUT2D eigenvalue weighted by Crippen LogP contribution is 2.33. The first-order valence-electron chi connectivity index (χ1n) is 6.46. The van der Waals surface area contributed by atoms with Crippen LogP contribution in [0.15, 0.2) is 12.3 Å². The normalized spacial score (nSPS) is 18.5. The Kier molecular flexibility index (Phi) is 4.95. The van der Waals surface area contributed by atoms with Gasteiger partial charge in [-0.1, -0.05) is 11.6 Å². The number of nitrogens with one attached hydrogen (secondary N) is 1. The molecule has 4 nitrogen and oxygen atoms in total. The SMILES string of the molecule is COC1(CNc2ncc(C(F)(F)F)cc2Cl)CCOCC1. The van der Waals surface area contributed by atoms with Crippen LogP contribution in [-0.2, 0) is 15.7 Å². The average molecular weight is 325 g/mol. The van der Waals surface area contributed by atoms with Crippen LogP contribution in [-0.4, -0.2) is 37.5 Å². The third kappa shape index (κ3) is 3.99. The predicted octanol–water partition coefficient (Wildman–Crippen LogP) is 3.36. The fourth-order valence-corrected chi connectivity index (χ4v) is 2.40. The molecule has 0 aliphatic carbocycles. The Morgan fingerprint density at radius 2 is 2.10 bits per heavy atom. The minimum atomic E-state index is -4.45. The Morgan fingerprint density at radius 1 is 1.43 bits per heavy atom. The zero-order valence-corrected chi connectivity index (χ0v) is 12.2. The molecule has 2 rings (SSSR count). The van der Waals surface area contributed by atoms with E-state index in [1.807, 2.05) is 0 Å². The van der Waals surface area contributed by atoms with Crippen molar-refractivity contribution >= 4 is 17.4 Å². The maximum Gasteiger partial charge on any atom is 0.417 e. The molecule has 0 amide bonds. The number of aromatic nitrogens is 1. The Morgan fingerprint density at radius 3 is 2.62 bits per heavy atom. The van der Waals surface area contributed by atoms with E-state index < -0.39 is 17.3 Å². The highest BCUT2D eigenvalue weighted by Gasteiger charge is 2.34. The van der Waals surface area contributed by atoms with Gasteiger partial charge in [-0.15, -0.1) is 0 Å². The molecular weight excluding hydrogens is 309 g/mol. The Hall–Kier alpha value is -1.05. The molecular formula is C13H16ClF3N2O2. The van der Waals surface area contributed by atoms with Crippen molar-refractivity contribution < 1.29 is 22.6 Å². The zero-order valence-electron chi connectivity index (χ0n) is 11.5. The van der Waals surface area contributed by atoms with Gasteiger partial charge in [-0.05, 0) is 6.07 Å². The molecule has 1 aromatic heterocycles. The van der Waals surface area contributed by atoms with Gasteiger partial charge >= 0.3 is 6.18 Å². The lowest BCUT2D eigenvalue weighted by Crippen LogP contribution is -2.44. The van der Waals surface area contributed by atoms with Crippen LogP contribution >= 0.6 is 11.6 Å². The van der Waals surface area contributed by atoms with Gasteiger partial charge in [0.25, 0.3) is 0 Å². The number of alkyl halides is 3. The van der Waals surface area contributed by atoms with Crippen molar-refractivity contribution in [1.29, 1.82) is 0 Å². The van der Waals surface area contributed by atoms with Gasteiger partial charge in [0.2, 0.25) is 0 Å². The largest absolute Gasteiger partial charge is 0.417 e. The number of ether oxygens (including phenoxy) is 2. The number of methoxy groups -OCH3 is 1. The van der Waals surface area contributed by atoms with Gasteiger partial charge in [-0.3, -0.25) is 0 Å². The summed E-state index contributed by atoms with van der Waals surface area (Å²) in [7, 11) is 1.61. The molecule has 0 atom stereocenters. The maximum absolute atomic E-state index is 12.5. The van der Waals surface area contributed by atoms with Crippen LogP contribution in [0.4, 0.5) is 19.0 Å². The average Bonchev–Trinajstić information content (AvgIpc) is 2.46. The molecule has 0 unspecified atom stereocenters. The van der Waals surface area contributed by atoms with Gasteiger partial charge in [0.1, 0.15) is 5.82 Å². The zero-order chi connectivity index (χ0) is 15.5. The van der Waals surface area contributed by atoms with Crippen molar-refractivity contribution in [2.45, 2.75) is 24.6 Å². The minimum Gasteiger partial charge on any atom is -0.381 e. The molecule has 0 aromatic carbocycles. The molecule has 2 heterocycles. The van der Waals surface area contributed by atoms with Gasteiger partial charge < -0.3 is 14.8 Å². The van der Waals surface area contributed by atoms with Gasteiger partial charge in [-0.25, -0.2) is 4.98 Å². The number of nitrogens with zero attached hydrogens (tertiary/aromatic N) is 1. The van der Waals surface area contributed by atoms with Crippen molar-refractivity contribution in [3.8, 4) is 0 Å². The van der Waals surface area contributed by atoms with Crippen LogP contribution < -0.4 is 5.32 Å². The first kappa shape index (κ1) is 16.3. The van der Waals surface area contributed by atoms with E-state index in [0.29, 0.717) is 32.6 Å². The monoisotopic (exact) mass is 324 g/mol. The summed E-state index contributed by atoms with van der Waals surface area (Å²) in [6.45, 7) is 1.58. The number of rotatable bonds is 4. The molecule has 0 spiro atoms. The van der Waals surface area contributed by atoms with Crippen molar-refractivity contribution in [2.75, 3.05) is 32.2 Å². The lowest BCUT2D eigenvalue weighted by molar-refractivity contribution is -0.137. The molecule has 1 aliphatic rings. The van der Waals surface area contributed by atoms with E-state index in [0.717, 1.165) is 12.3 Å². The fourth-order valence-electron chi connectivity index (χ4n) is 2.16. The van der Waals surface area contributed by atoms with Gasteiger partial charge in [0, 0.05) is 45.9 Å². The Balaban J connectivity index is 2.06. The molecule has 21 heavy (non-hydrogen) atoms. The van der Waals surface area contributed by atoms with Crippen LogP contribution in [0.3, 0.4) is 0 Å². The Labute approximate surface area is 125 Å². The third-order valence-electron chi connectivity index (χ3n) is 3.58. The highest BCUT2D eigenvalue weighted by atomic mass is 35.5. The first-order chi connectivity index (χ1) is 9.86. The third-order valence-corrected chi connectivity index (χ3v) is 3.87. The summed E-state index contributed by atoms with van der Waals surface area (Å²) in [5, 5.41) is 2.90. The Bertz CT molecular complexity index is 491. The van der Waals surface area contributed by atoms with E-state index in [9.17, 15) is 13.2 Å². The van der Waals surface area contributed by atoms with Crippen LogP contribution in [0.25, 0.3) is 0 Å². The minimum absolute atomic E-state index is 0.0665. The van der Waals surface area contributed by atoms with Crippen molar-refractivity contribution in [1.82, 2.24) is 4.98 Å². The predicted molar refractivity (Wildman–Crippen MR) is 72.5 cm³/mol. The second-order valence-corrected chi connectivity index (χ2v) is 5.31. The summed E-state index contributed by atoms with van der Waals surface area (Å²) in [4.78, 5) is 3.74. The second-order valence-electron chi connectivity index (χ2n) is 4.91. The highest BCUT2D eigenvalue weighted by molar-refractivity contribution is 6.32. The number of pyridine rings is 1. The van der Waals surface area contributed by atoms with E-state index >= 15 is 0 Å². The smallest absolute Gasteiger partial charge is 0.381 e. The summed E-state index contributed by atoms with van der Waals surface area (Å²) in [6, 6.07) is 0.861. The lowest BCUT2D eigenvalue weighted by Gasteiger charge is -2.36. The first-order valence-corrected chi connectivity index (χ1v) is 6.84. The standard InChI is InChI=1S/C13H16ClF3N2O2/c1-20-12(2-4-21-5-3-12)8-19-11-10(14)6-9(7-18-11)13(15,16)17/h6-7H,2-5,8H2,1H3,(H,18,19). The summed E-state index contributed by atoms with van der Waals surface area (Å²) < 4.78 is 48.4. The molecule has 118 valence electrons. The summed E-state index contributed by atoms with van der Waals surface area (Å²) in [5.41, 5.74) is -1.28. The lowest BCUT2D eigenvalue weighted by atomic mass is 9.94. The summed E-state index contributed by atoms with van der Waals surface area (Å²) in [6.07, 6.45) is -2.29. The van der Waals surface area contributed by atoms with Crippen LogP contribution in [0.2, 0.25) is 5.02 Å². The molecule has 0 bridgehead atoms. The molecule has 1 aliphatic heterocycles. The van der Waals surface area contributed by atoms with E-state index in [4.69, 9.17) is 21.1 Å². The van der Waals surface area contributed by atoms with Crippen molar-refractivity contribution in [2.24, 2.45) is 0 Å². The molecule has 8 heteroatoms. The number of anilines is 1. The van der Waals surface area contributed by atoms with Crippen molar-refractivity contribution in [3.05, 3.63) is 22.8 Å². The van der Waals surface area contributed by atoms with Crippen LogP contribution in [0.1, 0.15) is 18.4 Å². The molecule has 1 N–H and O–H groups in total. The topological polar surface area (TPSA) is 43.4 Å². The molecule has 1 aromatic rings. The molecule has 1 saturated heterocycles. The van der Waals surface area contributed by atoms with Gasteiger partial charge in [0.05, 0.1) is 16.2 Å². The number of hydrogen-bond donors (Lipinski definition) is 1. The van der Waals surface area contributed by atoms with E-state index in [1.54, 1.807) is 7.11 Å². The van der Waals surface area contributed by atoms with Gasteiger partial charge in [-0.2, -0.15) is 13.2 Å². The van der Waals surface area contributed by atoms with Crippen LogP contribution in [0.5, 0.6) is 0 Å². The van der Waals surface area contributed by atoms with E-state index in [-0.39, 0.29) is 10.8 Å². The number of halogens is 4. The van der Waals surface area contributed by atoms with E-state index in [1.165, 1.54) is 0 Å². The number of hydrogen-bond acceptors (Lipinski definition) is 4. The van der Waals surface area contributed by atoms with Gasteiger partial charge in [0.15, 0.2) is 0 Å². The van der Waals surface area contributed by atoms with E-state index in [2.05, 4.69) is 10.3 Å². The maximum atomic E-state index is 12.5. The molecule has 0 saturated carbocycles. The fraction of sp³-hybridized carbons (Fsp3) is 0.615. The molecule has 0 radical (unpaired) electrons. The second kappa shape index (κ2) is 6.37. The molecule has 1 fully saturated rings. The van der Waals surface area contributed by atoms with Crippen LogP contribution in [0, 0.1) is 0 Å². The summed E-state index contributed by atoms with van der Waals surface area (Å²) >= 11 is 5.85. The summed E-state index contributed by atoms with van der Waals surface area (Å²) in [5.74, 6) is 0.215.